The summed E-state index contributed by atoms with van der Waals surface area (Å²) in [7, 11) is 0. The SMILES string of the molecule is CCC(=O)c1ccc(OCC(=O)N[C@H](CC)Cn2ccnc2)cc1. The predicted octanol–water partition coefficient (Wildman–Crippen LogP) is 2.45. The third kappa shape index (κ3) is 5.22. The van der Waals surface area contributed by atoms with Gasteiger partial charge in [-0.3, -0.25) is 9.59 Å². The minimum Gasteiger partial charge on any atom is -0.484 e. The highest BCUT2D eigenvalue weighted by Crippen LogP contribution is 2.13. The third-order valence-corrected chi connectivity index (χ3v) is 3.72. The Morgan fingerprint density at radius 2 is 2.00 bits per heavy atom. The molecule has 1 atom stereocenters. The molecule has 0 fully saturated rings. The van der Waals surface area contributed by atoms with E-state index in [4.69, 9.17) is 4.74 Å². The number of nitrogens with one attached hydrogen (secondary N) is 1. The van der Waals surface area contributed by atoms with Crippen molar-refractivity contribution >= 4 is 11.7 Å². The second-order valence-corrected chi connectivity index (χ2v) is 5.52. The molecule has 1 aromatic heterocycles. The maximum Gasteiger partial charge on any atom is 0.258 e. The molecule has 0 aliphatic heterocycles. The molecule has 0 spiro atoms. The number of Topliss-reactive ketones (excluding diaryl/α,β-unsaturated/α-hetero) is 1. The molecule has 1 heterocycles. The van der Waals surface area contributed by atoms with Crippen LogP contribution in [-0.4, -0.2) is 33.9 Å². The molecule has 2 rings (SSSR count). The lowest BCUT2D eigenvalue weighted by molar-refractivity contribution is -0.123. The Bertz CT molecular complexity index is 651. The van der Waals surface area contributed by atoms with Crippen LogP contribution in [0.1, 0.15) is 37.0 Å². The van der Waals surface area contributed by atoms with Crippen LogP contribution in [0, 0.1) is 0 Å². The number of carbonyl (C=O) groups is 2. The molecule has 0 saturated carbocycles. The fraction of sp³-hybridized carbons (Fsp3) is 0.389. The first-order valence-electron chi connectivity index (χ1n) is 8.13. The molecule has 6 heteroatoms. The number of nitrogens with zero attached hydrogens (tertiary/aromatic N) is 2. The summed E-state index contributed by atoms with van der Waals surface area (Å²) in [5.41, 5.74) is 0.653. The Balaban J connectivity index is 1.80. The van der Waals surface area contributed by atoms with Gasteiger partial charge in [0.2, 0.25) is 0 Å². The van der Waals surface area contributed by atoms with Crippen molar-refractivity contribution in [1.29, 1.82) is 0 Å². The van der Waals surface area contributed by atoms with Gasteiger partial charge in [-0.15, -0.1) is 0 Å². The van der Waals surface area contributed by atoms with E-state index in [0.717, 1.165) is 6.42 Å². The van der Waals surface area contributed by atoms with E-state index in [1.807, 2.05) is 24.6 Å². The normalized spacial score (nSPS) is 11.8. The topological polar surface area (TPSA) is 73.2 Å². The van der Waals surface area contributed by atoms with Gasteiger partial charge in [0.1, 0.15) is 5.75 Å². The average Bonchev–Trinajstić information content (AvgIpc) is 3.12. The first kappa shape index (κ1) is 17.7. The number of hydrogen-bond donors (Lipinski definition) is 1. The number of ether oxygens (including phenoxy) is 1. The lowest BCUT2D eigenvalue weighted by atomic mass is 10.1. The van der Waals surface area contributed by atoms with Crippen LogP contribution >= 0.6 is 0 Å². The summed E-state index contributed by atoms with van der Waals surface area (Å²) >= 11 is 0. The highest BCUT2D eigenvalue weighted by Gasteiger charge is 2.12. The Labute approximate surface area is 141 Å². The number of hydrogen-bond acceptors (Lipinski definition) is 4. The van der Waals surface area contributed by atoms with Crippen LogP contribution in [0.25, 0.3) is 0 Å². The minimum atomic E-state index is -0.171. The molecule has 6 nitrogen and oxygen atoms in total. The van der Waals surface area contributed by atoms with Gasteiger partial charge in [0.05, 0.1) is 6.33 Å². The second kappa shape index (κ2) is 8.86. The van der Waals surface area contributed by atoms with E-state index in [0.29, 0.717) is 24.3 Å². The molecule has 24 heavy (non-hydrogen) atoms. The number of ketones is 1. The first-order valence-corrected chi connectivity index (χ1v) is 8.13. The van der Waals surface area contributed by atoms with E-state index in [1.54, 1.807) is 36.8 Å². The second-order valence-electron chi connectivity index (χ2n) is 5.52. The summed E-state index contributed by atoms with van der Waals surface area (Å²) in [4.78, 5) is 27.6. The third-order valence-electron chi connectivity index (χ3n) is 3.72. The quantitative estimate of drug-likeness (QED) is 0.717. The molecular formula is C18H23N3O3. The largest absolute Gasteiger partial charge is 0.484 e. The lowest BCUT2D eigenvalue weighted by Crippen LogP contribution is -2.39. The van der Waals surface area contributed by atoms with Gasteiger partial charge in [-0.05, 0) is 30.7 Å². The van der Waals surface area contributed by atoms with Crippen molar-refractivity contribution in [3.05, 3.63) is 48.5 Å². The molecule has 0 bridgehead atoms. The summed E-state index contributed by atoms with van der Waals surface area (Å²) in [5.74, 6) is 0.487. The molecule has 1 amide bonds. The molecule has 1 aromatic carbocycles. The molecule has 0 aliphatic carbocycles. The predicted molar refractivity (Wildman–Crippen MR) is 91.0 cm³/mol. The van der Waals surface area contributed by atoms with Crippen molar-refractivity contribution in [3.8, 4) is 5.75 Å². The Kier molecular flexibility index (Phi) is 6.54. The number of rotatable bonds is 9. The summed E-state index contributed by atoms with van der Waals surface area (Å²) in [6.07, 6.45) is 6.59. The summed E-state index contributed by atoms with van der Waals surface area (Å²) < 4.78 is 7.40. The first-order chi connectivity index (χ1) is 11.6. The van der Waals surface area contributed by atoms with Crippen molar-refractivity contribution in [3.63, 3.8) is 0 Å². The Morgan fingerprint density at radius 3 is 2.58 bits per heavy atom. The van der Waals surface area contributed by atoms with Crippen LogP contribution < -0.4 is 10.1 Å². The number of aromatic nitrogens is 2. The molecular weight excluding hydrogens is 306 g/mol. The minimum absolute atomic E-state index is 0.0276. The van der Waals surface area contributed by atoms with E-state index in [-0.39, 0.29) is 24.3 Å². The molecule has 128 valence electrons. The van der Waals surface area contributed by atoms with E-state index in [1.165, 1.54) is 0 Å². The van der Waals surface area contributed by atoms with Crippen LogP contribution in [0.4, 0.5) is 0 Å². The maximum atomic E-state index is 12.0. The van der Waals surface area contributed by atoms with Gasteiger partial charge < -0.3 is 14.6 Å². The summed E-state index contributed by atoms with van der Waals surface area (Å²) in [5, 5.41) is 2.95. The Morgan fingerprint density at radius 1 is 1.25 bits per heavy atom. The van der Waals surface area contributed by atoms with Gasteiger partial charge in [-0.1, -0.05) is 13.8 Å². The molecule has 0 saturated heterocycles. The monoisotopic (exact) mass is 329 g/mol. The zero-order valence-corrected chi connectivity index (χ0v) is 14.1. The van der Waals surface area contributed by atoms with Gasteiger partial charge in [-0.25, -0.2) is 4.98 Å². The van der Waals surface area contributed by atoms with Crippen molar-refractivity contribution < 1.29 is 14.3 Å². The number of carbonyl (C=O) groups excluding carboxylic acids is 2. The van der Waals surface area contributed by atoms with Crippen molar-refractivity contribution in [2.45, 2.75) is 39.3 Å². The average molecular weight is 329 g/mol. The van der Waals surface area contributed by atoms with Gasteiger partial charge in [0.15, 0.2) is 12.4 Å². The zero-order chi connectivity index (χ0) is 17.4. The summed E-state index contributed by atoms with van der Waals surface area (Å²) in [6, 6.07) is 6.87. The van der Waals surface area contributed by atoms with E-state index in [2.05, 4.69) is 10.3 Å². The van der Waals surface area contributed by atoms with Gasteiger partial charge in [0.25, 0.3) is 5.91 Å². The molecule has 0 unspecified atom stereocenters. The smallest absolute Gasteiger partial charge is 0.258 e. The van der Waals surface area contributed by atoms with E-state index in [9.17, 15) is 9.59 Å². The van der Waals surface area contributed by atoms with Crippen LogP contribution in [0.2, 0.25) is 0 Å². The highest BCUT2D eigenvalue weighted by molar-refractivity contribution is 5.95. The van der Waals surface area contributed by atoms with E-state index >= 15 is 0 Å². The van der Waals surface area contributed by atoms with Gasteiger partial charge >= 0.3 is 0 Å². The van der Waals surface area contributed by atoms with E-state index < -0.39 is 0 Å². The van der Waals surface area contributed by atoms with Crippen LogP contribution in [0.5, 0.6) is 5.75 Å². The van der Waals surface area contributed by atoms with Crippen LogP contribution in [0.15, 0.2) is 43.0 Å². The maximum absolute atomic E-state index is 12.0. The molecule has 0 radical (unpaired) electrons. The number of imidazole rings is 1. The van der Waals surface area contributed by atoms with Gasteiger partial charge in [0, 0.05) is 37.0 Å². The molecule has 2 aromatic rings. The van der Waals surface area contributed by atoms with Crippen molar-refractivity contribution in [1.82, 2.24) is 14.9 Å². The number of benzene rings is 1. The van der Waals surface area contributed by atoms with Crippen molar-refractivity contribution in [2.24, 2.45) is 0 Å². The Hall–Kier alpha value is -2.63. The standard InChI is InChI=1S/C18H23N3O3/c1-3-15(11-21-10-9-19-13-21)20-18(23)12-24-16-7-5-14(6-8-16)17(22)4-2/h5-10,13,15H,3-4,11-12H2,1-2H3,(H,20,23)/t15-/m1/s1. The molecule has 1 N–H and O–H groups in total. The van der Waals surface area contributed by atoms with Crippen molar-refractivity contribution in [2.75, 3.05) is 6.61 Å². The fourth-order valence-corrected chi connectivity index (χ4v) is 2.29. The van der Waals surface area contributed by atoms with Gasteiger partial charge in [-0.2, -0.15) is 0 Å². The molecule has 0 aliphatic rings. The van der Waals surface area contributed by atoms with Crippen LogP contribution in [-0.2, 0) is 11.3 Å². The lowest BCUT2D eigenvalue weighted by Gasteiger charge is -2.17. The van der Waals surface area contributed by atoms with Crippen LogP contribution in [0.3, 0.4) is 0 Å². The fourth-order valence-electron chi connectivity index (χ4n) is 2.29. The summed E-state index contributed by atoms with van der Waals surface area (Å²) in [6.45, 7) is 4.47. The zero-order valence-electron chi connectivity index (χ0n) is 14.1. The highest BCUT2D eigenvalue weighted by atomic mass is 16.5. The number of amides is 1.